The van der Waals surface area contributed by atoms with Crippen LogP contribution >= 0.6 is 0 Å². The summed E-state index contributed by atoms with van der Waals surface area (Å²) in [5, 5.41) is 13.5. The molecule has 1 unspecified atom stereocenters. The van der Waals surface area contributed by atoms with Gasteiger partial charge in [0.1, 0.15) is 5.75 Å². The smallest absolute Gasteiger partial charge is 0.306 e. The third-order valence-corrected chi connectivity index (χ3v) is 3.19. The van der Waals surface area contributed by atoms with Gasteiger partial charge in [0.2, 0.25) is 0 Å². The Labute approximate surface area is 117 Å². The topological polar surface area (TPSA) is 64.3 Å². The molecule has 0 aliphatic carbocycles. The molecule has 2 rings (SSSR count). The van der Waals surface area contributed by atoms with Crippen LogP contribution in [0.2, 0.25) is 0 Å². The van der Waals surface area contributed by atoms with Crippen LogP contribution in [0.1, 0.15) is 30.5 Å². The Kier molecular flexibility index (Phi) is 4.40. The number of phenolic OH excluding ortho intramolecular Hbond substituents is 1. The van der Waals surface area contributed by atoms with E-state index in [1.165, 1.54) is 0 Å². The summed E-state index contributed by atoms with van der Waals surface area (Å²) in [5.41, 5.74) is 1.88. The summed E-state index contributed by atoms with van der Waals surface area (Å²) in [6.45, 7) is 2.16. The maximum Gasteiger partial charge on any atom is 0.306 e. The number of carbonyl (C=O) groups excluding carboxylic acids is 1. The molecule has 0 aliphatic heterocycles. The first-order chi connectivity index (χ1) is 9.61. The number of aromatic nitrogens is 2. The SMILES string of the molecule is CCOC(=O)CC(c1ccc(O)cc1)c1ccnn1C. The number of hydrogen-bond donors (Lipinski definition) is 1. The Balaban J connectivity index is 2.31. The number of ether oxygens (including phenoxy) is 1. The van der Waals surface area contributed by atoms with Crippen LogP contribution in [0.4, 0.5) is 0 Å². The number of hydrogen-bond acceptors (Lipinski definition) is 4. The van der Waals surface area contributed by atoms with Crippen LogP contribution in [0, 0.1) is 0 Å². The molecule has 1 aromatic heterocycles. The number of nitrogens with zero attached hydrogens (tertiary/aromatic N) is 2. The van der Waals surface area contributed by atoms with Gasteiger partial charge in [-0.25, -0.2) is 0 Å². The Morgan fingerprint density at radius 3 is 2.60 bits per heavy atom. The van der Waals surface area contributed by atoms with E-state index in [0.717, 1.165) is 11.3 Å². The van der Waals surface area contributed by atoms with Crippen molar-refractivity contribution in [1.29, 1.82) is 0 Å². The van der Waals surface area contributed by atoms with Gasteiger partial charge in [-0.05, 0) is 30.7 Å². The minimum atomic E-state index is -0.244. The first-order valence-corrected chi connectivity index (χ1v) is 6.54. The van der Waals surface area contributed by atoms with Crippen molar-refractivity contribution >= 4 is 5.97 Å². The molecule has 1 N–H and O–H groups in total. The summed E-state index contributed by atoms with van der Waals surface area (Å²) in [6, 6.07) is 8.74. The second kappa shape index (κ2) is 6.23. The molecule has 0 spiro atoms. The van der Waals surface area contributed by atoms with Gasteiger partial charge in [-0.15, -0.1) is 0 Å². The number of aromatic hydroxyl groups is 1. The minimum Gasteiger partial charge on any atom is -0.508 e. The normalized spacial score (nSPS) is 12.1. The van der Waals surface area contributed by atoms with Gasteiger partial charge in [0.25, 0.3) is 0 Å². The molecule has 20 heavy (non-hydrogen) atoms. The van der Waals surface area contributed by atoms with Crippen molar-refractivity contribution in [3.63, 3.8) is 0 Å². The average Bonchev–Trinajstić information content (AvgIpc) is 2.84. The number of esters is 1. The third-order valence-electron chi connectivity index (χ3n) is 3.19. The summed E-state index contributed by atoms with van der Waals surface area (Å²) >= 11 is 0. The molecule has 0 saturated heterocycles. The molecule has 0 fully saturated rings. The van der Waals surface area contributed by atoms with E-state index in [0.29, 0.717) is 6.61 Å². The number of phenols is 1. The molecular formula is C15H18N2O3. The van der Waals surface area contributed by atoms with Crippen LogP contribution in [-0.2, 0) is 16.6 Å². The lowest BCUT2D eigenvalue weighted by molar-refractivity contribution is -0.143. The summed E-state index contributed by atoms with van der Waals surface area (Å²) in [6.07, 6.45) is 1.95. The molecule has 1 atom stereocenters. The van der Waals surface area contributed by atoms with E-state index < -0.39 is 0 Å². The first kappa shape index (κ1) is 14.1. The summed E-state index contributed by atoms with van der Waals surface area (Å²) in [7, 11) is 1.84. The van der Waals surface area contributed by atoms with E-state index in [9.17, 15) is 9.90 Å². The van der Waals surface area contributed by atoms with Gasteiger partial charge in [0.05, 0.1) is 13.0 Å². The van der Waals surface area contributed by atoms with Gasteiger partial charge in [-0.1, -0.05) is 12.1 Å². The summed E-state index contributed by atoms with van der Waals surface area (Å²) < 4.78 is 6.78. The van der Waals surface area contributed by atoms with Crippen LogP contribution in [-0.4, -0.2) is 27.5 Å². The lowest BCUT2D eigenvalue weighted by Gasteiger charge is -2.17. The number of aryl methyl sites for hydroxylation is 1. The average molecular weight is 274 g/mol. The summed E-state index contributed by atoms with van der Waals surface area (Å²) in [5.74, 6) is -0.178. The number of benzene rings is 1. The highest BCUT2D eigenvalue weighted by molar-refractivity contribution is 5.71. The fourth-order valence-corrected chi connectivity index (χ4v) is 2.21. The number of rotatable bonds is 5. The Hall–Kier alpha value is -2.30. The highest BCUT2D eigenvalue weighted by Gasteiger charge is 2.21. The Bertz CT molecular complexity index is 575. The number of carbonyl (C=O) groups is 1. The van der Waals surface area contributed by atoms with Crippen LogP contribution in [0.15, 0.2) is 36.5 Å². The zero-order chi connectivity index (χ0) is 14.5. The highest BCUT2D eigenvalue weighted by Crippen LogP contribution is 2.29. The van der Waals surface area contributed by atoms with Crippen molar-refractivity contribution in [1.82, 2.24) is 9.78 Å². The van der Waals surface area contributed by atoms with E-state index >= 15 is 0 Å². The van der Waals surface area contributed by atoms with E-state index in [4.69, 9.17) is 4.74 Å². The maximum atomic E-state index is 11.8. The van der Waals surface area contributed by atoms with Crippen LogP contribution in [0.25, 0.3) is 0 Å². The lowest BCUT2D eigenvalue weighted by atomic mass is 9.92. The van der Waals surface area contributed by atoms with Gasteiger partial charge in [-0.2, -0.15) is 5.10 Å². The Morgan fingerprint density at radius 2 is 2.05 bits per heavy atom. The van der Waals surface area contributed by atoms with E-state index in [2.05, 4.69) is 5.10 Å². The molecule has 2 aromatic rings. The van der Waals surface area contributed by atoms with Gasteiger partial charge in [0.15, 0.2) is 0 Å². The molecule has 1 heterocycles. The molecule has 5 nitrogen and oxygen atoms in total. The van der Waals surface area contributed by atoms with Crippen molar-refractivity contribution < 1.29 is 14.6 Å². The van der Waals surface area contributed by atoms with Gasteiger partial charge in [0, 0.05) is 24.9 Å². The van der Waals surface area contributed by atoms with Crippen LogP contribution in [0.3, 0.4) is 0 Å². The van der Waals surface area contributed by atoms with Crippen molar-refractivity contribution in [2.45, 2.75) is 19.3 Å². The van der Waals surface area contributed by atoms with E-state index in [-0.39, 0.29) is 24.1 Å². The fraction of sp³-hybridized carbons (Fsp3) is 0.333. The highest BCUT2D eigenvalue weighted by atomic mass is 16.5. The quantitative estimate of drug-likeness (QED) is 0.849. The van der Waals surface area contributed by atoms with Gasteiger partial charge < -0.3 is 9.84 Å². The molecule has 0 aliphatic rings. The van der Waals surface area contributed by atoms with Gasteiger partial charge >= 0.3 is 5.97 Å². The van der Waals surface area contributed by atoms with Crippen LogP contribution in [0.5, 0.6) is 5.75 Å². The van der Waals surface area contributed by atoms with Crippen LogP contribution < -0.4 is 0 Å². The van der Waals surface area contributed by atoms with E-state index in [1.807, 2.05) is 25.2 Å². The second-order valence-electron chi connectivity index (χ2n) is 4.53. The fourth-order valence-electron chi connectivity index (χ4n) is 2.21. The van der Waals surface area contributed by atoms with E-state index in [1.54, 1.807) is 29.9 Å². The molecule has 5 heteroatoms. The third kappa shape index (κ3) is 3.17. The molecule has 0 bridgehead atoms. The predicted molar refractivity (Wildman–Crippen MR) is 74.4 cm³/mol. The van der Waals surface area contributed by atoms with Crippen molar-refractivity contribution in [2.24, 2.45) is 7.05 Å². The lowest BCUT2D eigenvalue weighted by Crippen LogP contribution is -2.14. The molecule has 1 aromatic carbocycles. The van der Waals surface area contributed by atoms with Crippen molar-refractivity contribution in [3.05, 3.63) is 47.8 Å². The molecule has 0 saturated carbocycles. The zero-order valence-electron chi connectivity index (χ0n) is 11.6. The van der Waals surface area contributed by atoms with Gasteiger partial charge in [-0.3, -0.25) is 9.48 Å². The molecule has 0 amide bonds. The minimum absolute atomic E-state index is 0.137. The Morgan fingerprint density at radius 1 is 1.35 bits per heavy atom. The first-order valence-electron chi connectivity index (χ1n) is 6.54. The predicted octanol–water partition coefficient (Wildman–Crippen LogP) is 2.21. The van der Waals surface area contributed by atoms with Crippen molar-refractivity contribution in [3.8, 4) is 5.75 Å². The standard InChI is InChI=1S/C15H18N2O3/c1-3-20-15(19)10-13(14-8-9-16-17(14)2)11-4-6-12(18)7-5-11/h4-9,13,18H,3,10H2,1-2H3. The second-order valence-corrected chi connectivity index (χ2v) is 4.53. The summed E-state index contributed by atoms with van der Waals surface area (Å²) in [4.78, 5) is 11.8. The molecular weight excluding hydrogens is 256 g/mol. The maximum absolute atomic E-state index is 11.8. The largest absolute Gasteiger partial charge is 0.508 e. The molecule has 0 radical (unpaired) electrons. The molecule has 106 valence electrons. The monoisotopic (exact) mass is 274 g/mol. The zero-order valence-corrected chi connectivity index (χ0v) is 11.6. The van der Waals surface area contributed by atoms with Crippen molar-refractivity contribution in [2.75, 3.05) is 6.61 Å².